The topological polar surface area (TPSA) is 72.2 Å². The first-order chi connectivity index (χ1) is 8.27. The average Bonchev–Trinajstić information content (AvgIpc) is 2.29. The zero-order chi connectivity index (χ0) is 13.9. The van der Waals surface area contributed by atoms with Gasteiger partial charge in [0.15, 0.2) is 0 Å². The third kappa shape index (κ3) is 3.83. The molecule has 0 bridgehead atoms. The minimum Gasteiger partial charge on any atom is -0.326 e. The van der Waals surface area contributed by atoms with Gasteiger partial charge in [0.2, 0.25) is 10.0 Å². The second kappa shape index (κ2) is 6.21. The highest BCUT2D eigenvalue weighted by Crippen LogP contribution is 2.29. The Kier molecular flexibility index (Phi) is 5.43. The molecule has 0 aliphatic rings. The number of nitrogens with two attached hydrogens (primary N) is 1. The van der Waals surface area contributed by atoms with E-state index in [-0.39, 0.29) is 22.4 Å². The Labute approximate surface area is 118 Å². The minimum absolute atomic E-state index is 0.0298. The van der Waals surface area contributed by atoms with Crippen LogP contribution in [0.3, 0.4) is 0 Å². The van der Waals surface area contributed by atoms with Crippen molar-refractivity contribution in [2.24, 2.45) is 11.7 Å². The number of nitrogens with one attached hydrogen (secondary N) is 1. The van der Waals surface area contributed by atoms with Gasteiger partial charge in [-0.15, -0.1) is 0 Å². The number of halogens is 2. The molecule has 0 radical (unpaired) electrons. The van der Waals surface area contributed by atoms with Crippen LogP contribution in [0.25, 0.3) is 0 Å². The standard InChI is InChI=1S/C11H16Cl2N2O2S/c1-7(2)6-15-18(16,17)10-4-9(12)3-8(5-14)11(10)13/h3-4,7,15H,5-6,14H2,1-2H3. The Morgan fingerprint density at radius 3 is 2.44 bits per heavy atom. The minimum atomic E-state index is -3.66. The van der Waals surface area contributed by atoms with Crippen LogP contribution in [0.1, 0.15) is 19.4 Å². The SMILES string of the molecule is CC(C)CNS(=O)(=O)c1cc(Cl)cc(CN)c1Cl. The van der Waals surface area contributed by atoms with E-state index in [1.807, 2.05) is 13.8 Å². The van der Waals surface area contributed by atoms with Gasteiger partial charge in [0.1, 0.15) is 4.90 Å². The Morgan fingerprint density at radius 2 is 1.94 bits per heavy atom. The number of benzene rings is 1. The molecule has 0 heterocycles. The maximum absolute atomic E-state index is 12.1. The second-order valence-corrected chi connectivity index (χ2v) is 6.88. The molecule has 0 fully saturated rings. The summed E-state index contributed by atoms with van der Waals surface area (Å²) in [6.45, 7) is 4.29. The number of hydrogen-bond acceptors (Lipinski definition) is 3. The summed E-state index contributed by atoms with van der Waals surface area (Å²) < 4.78 is 26.6. The van der Waals surface area contributed by atoms with Crippen molar-refractivity contribution in [2.75, 3.05) is 6.54 Å². The van der Waals surface area contributed by atoms with Gasteiger partial charge in [-0.1, -0.05) is 37.0 Å². The van der Waals surface area contributed by atoms with Gasteiger partial charge in [-0.3, -0.25) is 0 Å². The van der Waals surface area contributed by atoms with Crippen molar-refractivity contribution in [3.8, 4) is 0 Å². The van der Waals surface area contributed by atoms with Crippen LogP contribution >= 0.6 is 23.2 Å². The predicted octanol–water partition coefficient (Wildman–Crippen LogP) is 2.39. The second-order valence-electron chi connectivity index (χ2n) is 4.33. The first-order valence-electron chi connectivity index (χ1n) is 5.45. The fourth-order valence-electron chi connectivity index (χ4n) is 1.32. The molecule has 18 heavy (non-hydrogen) atoms. The summed E-state index contributed by atoms with van der Waals surface area (Å²) >= 11 is 11.9. The highest BCUT2D eigenvalue weighted by molar-refractivity contribution is 7.89. The van der Waals surface area contributed by atoms with E-state index in [0.717, 1.165) is 0 Å². The predicted molar refractivity (Wildman–Crippen MR) is 74.4 cm³/mol. The molecule has 0 amide bonds. The maximum Gasteiger partial charge on any atom is 0.242 e. The Bertz CT molecular complexity index is 530. The van der Waals surface area contributed by atoms with E-state index in [2.05, 4.69) is 4.72 Å². The van der Waals surface area contributed by atoms with E-state index in [1.165, 1.54) is 6.07 Å². The van der Waals surface area contributed by atoms with Crippen molar-refractivity contribution in [3.63, 3.8) is 0 Å². The lowest BCUT2D eigenvalue weighted by Crippen LogP contribution is -2.28. The monoisotopic (exact) mass is 310 g/mol. The normalized spacial score (nSPS) is 12.1. The molecule has 1 aromatic carbocycles. The molecule has 7 heteroatoms. The lowest BCUT2D eigenvalue weighted by atomic mass is 10.2. The first-order valence-corrected chi connectivity index (χ1v) is 7.69. The molecule has 1 rings (SSSR count). The highest BCUT2D eigenvalue weighted by Gasteiger charge is 2.20. The van der Waals surface area contributed by atoms with Crippen molar-refractivity contribution in [2.45, 2.75) is 25.3 Å². The van der Waals surface area contributed by atoms with E-state index >= 15 is 0 Å². The van der Waals surface area contributed by atoms with E-state index < -0.39 is 10.0 Å². The molecule has 0 saturated heterocycles. The molecule has 0 aliphatic carbocycles. The zero-order valence-electron chi connectivity index (χ0n) is 10.2. The van der Waals surface area contributed by atoms with E-state index in [0.29, 0.717) is 17.1 Å². The van der Waals surface area contributed by atoms with Crippen LogP contribution in [-0.2, 0) is 16.6 Å². The van der Waals surface area contributed by atoms with Crippen LogP contribution in [0.2, 0.25) is 10.0 Å². The van der Waals surface area contributed by atoms with Gasteiger partial charge in [0.05, 0.1) is 5.02 Å². The Hall–Kier alpha value is -0.330. The summed E-state index contributed by atoms with van der Waals surface area (Å²) in [5, 5.41) is 0.419. The molecule has 102 valence electrons. The van der Waals surface area contributed by atoms with Crippen LogP contribution in [0.15, 0.2) is 17.0 Å². The van der Waals surface area contributed by atoms with Gasteiger partial charge >= 0.3 is 0 Å². The first kappa shape index (κ1) is 15.7. The van der Waals surface area contributed by atoms with Crippen molar-refractivity contribution in [1.29, 1.82) is 0 Å². The summed E-state index contributed by atoms with van der Waals surface area (Å²) in [5.41, 5.74) is 6.00. The molecular formula is C11H16Cl2N2O2S. The average molecular weight is 311 g/mol. The van der Waals surface area contributed by atoms with E-state index in [4.69, 9.17) is 28.9 Å². The summed E-state index contributed by atoms with van der Waals surface area (Å²) in [6, 6.07) is 2.89. The smallest absolute Gasteiger partial charge is 0.242 e. The van der Waals surface area contributed by atoms with E-state index in [1.54, 1.807) is 6.07 Å². The summed E-state index contributed by atoms with van der Waals surface area (Å²) in [7, 11) is -3.66. The molecule has 0 unspecified atom stereocenters. The number of hydrogen-bond donors (Lipinski definition) is 2. The number of rotatable bonds is 5. The lowest BCUT2D eigenvalue weighted by Gasteiger charge is -2.12. The fraction of sp³-hybridized carbons (Fsp3) is 0.455. The van der Waals surface area contributed by atoms with Gasteiger partial charge in [-0.25, -0.2) is 13.1 Å². The van der Waals surface area contributed by atoms with Crippen LogP contribution in [0.5, 0.6) is 0 Å². The van der Waals surface area contributed by atoms with Gasteiger partial charge in [-0.2, -0.15) is 0 Å². The Morgan fingerprint density at radius 1 is 1.33 bits per heavy atom. The Balaban J connectivity index is 3.20. The zero-order valence-corrected chi connectivity index (χ0v) is 12.5. The molecule has 0 saturated carbocycles. The van der Waals surface area contributed by atoms with Crippen molar-refractivity contribution >= 4 is 33.2 Å². The van der Waals surface area contributed by atoms with Gasteiger partial charge < -0.3 is 5.73 Å². The van der Waals surface area contributed by atoms with Crippen molar-refractivity contribution < 1.29 is 8.42 Å². The third-order valence-electron chi connectivity index (χ3n) is 2.27. The molecule has 0 spiro atoms. The quantitative estimate of drug-likeness (QED) is 0.877. The fourth-order valence-corrected chi connectivity index (χ4v) is 3.47. The molecule has 0 atom stereocenters. The summed E-state index contributed by atoms with van der Waals surface area (Å²) in [5.74, 6) is 0.201. The van der Waals surface area contributed by atoms with Crippen molar-refractivity contribution in [1.82, 2.24) is 4.72 Å². The lowest BCUT2D eigenvalue weighted by molar-refractivity contribution is 0.560. The van der Waals surface area contributed by atoms with Gasteiger partial charge in [-0.05, 0) is 23.6 Å². The molecule has 0 aromatic heterocycles. The maximum atomic E-state index is 12.1. The van der Waals surface area contributed by atoms with E-state index in [9.17, 15) is 8.42 Å². The summed E-state index contributed by atoms with van der Waals surface area (Å²) in [4.78, 5) is -0.0298. The highest BCUT2D eigenvalue weighted by atomic mass is 35.5. The van der Waals surface area contributed by atoms with Crippen LogP contribution < -0.4 is 10.5 Å². The van der Waals surface area contributed by atoms with Gasteiger partial charge in [0.25, 0.3) is 0 Å². The molecule has 1 aromatic rings. The number of sulfonamides is 1. The third-order valence-corrected chi connectivity index (χ3v) is 4.49. The molecule has 3 N–H and O–H groups in total. The molecule has 0 aliphatic heterocycles. The van der Waals surface area contributed by atoms with Crippen LogP contribution in [-0.4, -0.2) is 15.0 Å². The molecular weight excluding hydrogens is 295 g/mol. The molecule has 4 nitrogen and oxygen atoms in total. The van der Waals surface area contributed by atoms with Crippen LogP contribution in [0.4, 0.5) is 0 Å². The van der Waals surface area contributed by atoms with Crippen LogP contribution in [0, 0.1) is 5.92 Å². The van der Waals surface area contributed by atoms with Gasteiger partial charge in [0, 0.05) is 18.1 Å². The summed E-state index contributed by atoms with van der Waals surface area (Å²) in [6.07, 6.45) is 0. The van der Waals surface area contributed by atoms with Crippen molar-refractivity contribution in [3.05, 3.63) is 27.7 Å². The largest absolute Gasteiger partial charge is 0.326 e.